The van der Waals surface area contributed by atoms with Gasteiger partial charge in [0, 0.05) is 22.7 Å². The number of nitrogens with zero attached hydrogens (tertiary/aromatic N) is 2. The third-order valence-electron chi connectivity index (χ3n) is 4.35. The van der Waals surface area contributed by atoms with Crippen molar-refractivity contribution in [2.24, 2.45) is 0 Å². The Morgan fingerprint density at radius 2 is 2.14 bits per heavy atom. The van der Waals surface area contributed by atoms with Gasteiger partial charge in [-0.05, 0) is 61.0 Å². The van der Waals surface area contributed by atoms with E-state index in [0.29, 0.717) is 5.92 Å². The molecule has 0 aliphatic carbocycles. The average molecular weight is 297 g/mol. The van der Waals surface area contributed by atoms with Crippen LogP contribution in [0.1, 0.15) is 29.2 Å². The molecule has 0 amide bonds. The third-order valence-corrected chi connectivity index (χ3v) is 5.21. The Morgan fingerprint density at radius 1 is 1.24 bits per heavy atom. The molecule has 4 heterocycles. The number of rotatable bonds is 3. The van der Waals surface area contributed by atoms with E-state index in [1.807, 2.05) is 17.5 Å². The van der Waals surface area contributed by atoms with E-state index in [1.165, 1.54) is 28.7 Å². The number of piperidine rings is 1. The molecule has 1 aliphatic rings. The van der Waals surface area contributed by atoms with Gasteiger partial charge in [-0.15, -0.1) is 11.3 Å². The normalized spacial score (nSPS) is 16.6. The maximum Gasteiger partial charge on any atom is 0.140 e. The van der Waals surface area contributed by atoms with Crippen LogP contribution < -0.4 is 5.32 Å². The van der Waals surface area contributed by atoms with Gasteiger partial charge < -0.3 is 9.88 Å². The molecular formula is C17H19N3S. The van der Waals surface area contributed by atoms with Gasteiger partial charge in [-0.25, -0.2) is 4.98 Å². The summed E-state index contributed by atoms with van der Waals surface area (Å²) in [7, 11) is 0. The van der Waals surface area contributed by atoms with E-state index in [9.17, 15) is 0 Å². The largest absolute Gasteiger partial charge is 0.327 e. The molecule has 3 nitrogen and oxygen atoms in total. The quantitative estimate of drug-likeness (QED) is 0.800. The van der Waals surface area contributed by atoms with Gasteiger partial charge in [-0.2, -0.15) is 0 Å². The lowest BCUT2D eigenvalue weighted by Gasteiger charge is -2.22. The fourth-order valence-electron chi connectivity index (χ4n) is 3.30. The fourth-order valence-corrected chi connectivity index (χ4v) is 4.00. The van der Waals surface area contributed by atoms with Crippen molar-refractivity contribution in [3.8, 4) is 0 Å². The molecule has 1 saturated heterocycles. The zero-order valence-corrected chi connectivity index (χ0v) is 12.8. The van der Waals surface area contributed by atoms with E-state index >= 15 is 0 Å². The van der Waals surface area contributed by atoms with Crippen molar-refractivity contribution in [2.75, 3.05) is 13.1 Å². The Hall–Kier alpha value is -1.65. The van der Waals surface area contributed by atoms with Crippen LogP contribution in [0.5, 0.6) is 0 Å². The lowest BCUT2D eigenvalue weighted by molar-refractivity contribution is 0.461. The first kappa shape index (κ1) is 13.0. The molecule has 0 radical (unpaired) electrons. The highest BCUT2D eigenvalue weighted by atomic mass is 32.1. The van der Waals surface area contributed by atoms with Crippen LogP contribution in [0.15, 0.2) is 42.0 Å². The van der Waals surface area contributed by atoms with Gasteiger partial charge in [0.05, 0.1) is 6.54 Å². The van der Waals surface area contributed by atoms with Crippen LogP contribution >= 0.6 is 11.3 Å². The predicted octanol–water partition coefficient (Wildman–Crippen LogP) is 3.61. The summed E-state index contributed by atoms with van der Waals surface area (Å²) in [6.07, 6.45) is 6.70. The number of fused-ring (bicyclic) bond motifs is 1. The second-order valence-corrected chi connectivity index (χ2v) is 6.72. The van der Waals surface area contributed by atoms with Gasteiger partial charge >= 0.3 is 0 Å². The van der Waals surface area contributed by atoms with Crippen molar-refractivity contribution in [3.63, 3.8) is 0 Å². The number of pyridine rings is 1. The molecule has 0 aromatic carbocycles. The standard InChI is InChI=1S/C17H19N3S/c1-4-15-16(13-5-8-18-9-6-13)12-20(17(15)19-7-1)11-14-3-2-10-21-14/h1-4,7,10,12-13,18H,5-6,8-9,11H2. The molecule has 0 atom stereocenters. The molecule has 21 heavy (non-hydrogen) atoms. The van der Waals surface area contributed by atoms with Gasteiger partial charge in [-0.3, -0.25) is 0 Å². The first-order valence-corrected chi connectivity index (χ1v) is 8.46. The van der Waals surface area contributed by atoms with E-state index in [1.54, 1.807) is 0 Å². The van der Waals surface area contributed by atoms with Crippen molar-refractivity contribution in [1.82, 2.24) is 14.9 Å². The number of hydrogen-bond donors (Lipinski definition) is 1. The van der Waals surface area contributed by atoms with Crippen LogP contribution in [-0.2, 0) is 6.54 Å². The molecule has 108 valence electrons. The molecular weight excluding hydrogens is 278 g/mol. The zero-order chi connectivity index (χ0) is 14.1. The van der Waals surface area contributed by atoms with Gasteiger partial charge in [0.25, 0.3) is 0 Å². The summed E-state index contributed by atoms with van der Waals surface area (Å²) in [5, 5.41) is 6.93. The summed E-state index contributed by atoms with van der Waals surface area (Å²) in [6.45, 7) is 3.18. The predicted molar refractivity (Wildman–Crippen MR) is 88.0 cm³/mol. The average Bonchev–Trinajstić information content (AvgIpc) is 3.17. The maximum atomic E-state index is 4.63. The lowest BCUT2D eigenvalue weighted by atomic mass is 9.90. The number of hydrogen-bond acceptors (Lipinski definition) is 3. The molecule has 4 heteroatoms. The van der Waals surface area contributed by atoms with E-state index < -0.39 is 0 Å². The minimum absolute atomic E-state index is 0.669. The van der Waals surface area contributed by atoms with Crippen LogP contribution in [0, 0.1) is 0 Å². The van der Waals surface area contributed by atoms with Crippen LogP contribution in [-0.4, -0.2) is 22.6 Å². The topological polar surface area (TPSA) is 29.9 Å². The molecule has 3 aromatic heterocycles. The van der Waals surface area contributed by atoms with Crippen LogP contribution in [0.3, 0.4) is 0 Å². The SMILES string of the molecule is c1csc(Cn2cc(C3CCNCC3)c3cccnc32)c1. The van der Waals surface area contributed by atoms with E-state index in [0.717, 1.165) is 25.3 Å². The van der Waals surface area contributed by atoms with Crippen molar-refractivity contribution in [1.29, 1.82) is 0 Å². The maximum absolute atomic E-state index is 4.63. The highest BCUT2D eigenvalue weighted by molar-refractivity contribution is 7.09. The molecule has 1 aliphatic heterocycles. The Bertz CT molecular complexity index is 724. The van der Waals surface area contributed by atoms with E-state index in [2.05, 4.69) is 50.7 Å². The number of aromatic nitrogens is 2. The summed E-state index contributed by atoms with van der Waals surface area (Å²) >= 11 is 1.81. The number of thiophene rings is 1. The molecule has 3 aromatic rings. The molecule has 1 N–H and O–H groups in total. The Labute approximate surface area is 128 Å². The van der Waals surface area contributed by atoms with Gasteiger partial charge in [0.2, 0.25) is 0 Å². The summed E-state index contributed by atoms with van der Waals surface area (Å²) in [4.78, 5) is 6.01. The van der Waals surface area contributed by atoms with Crippen LogP contribution in [0.25, 0.3) is 11.0 Å². The summed E-state index contributed by atoms with van der Waals surface area (Å²) < 4.78 is 2.32. The van der Waals surface area contributed by atoms with Crippen LogP contribution in [0.4, 0.5) is 0 Å². The van der Waals surface area contributed by atoms with Gasteiger partial charge in [0.1, 0.15) is 5.65 Å². The Kier molecular flexibility index (Phi) is 3.49. The monoisotopic (exact) mass is 297 g/mol. The van der Waals surface area contributed by atoms with Gasteiger partial charge in [0.15, 0.2) is 0 Å². The fraction of sp³-hybridized carbons (Fsp3) is 0.353. The number of nitrogens with one attached hydrogen (secondary N) is 1. The molecule has 1 fully saturated rings. The highest BCUT2D eigenvalue weighted by Gasteiger charge is 2.20. The third kappa shape index (κ3) is 2.49. The van der Waals surface area contributed by atoms with E-state index in [4.69, 9.17) is 0 Å². The second-order valence-electron chi connectivity index (χ2n) is 5.69. The first-order chi connectivity index (χ1) is 10.4. The summed E-state index contributed by atoms with van der Waals surface area (Å²) in [5.74, 6) is 0.669. The first-order valence-electron chi connectivity index (χ1n) is 7.58. The Balaban J connectivity index is 1.76. The van der Waals surface area contributed by atoms with Gasteiger partial charge in [-0.1, -0.05) is 6.07 Å². The molecule has 0 bridgehead atoms. The lowest BCUT2D eigenvalue weighted by Crippen LogP contribution is -2.26. The minimum Gasteiger partial charge on any atom is -0.327 e. The van der Waals surface area contributed by atoms with E-state index in [-0.39, 0.29) is 0 Å². The summed E-state index contributed by atoms with van der Waals surface area (Å²) in [5.41, 5.74) is 2.61. The second kappa shape index (κ2) is 5.62. The van der Waals surface area contributed by atoms with Crippen molar-refractivity contribution < 1.29 is 0 Å². The van der Waals surface area contributed by atoms with Crippen molar-refractivity contribution in [2.45, 2.75) is 25.3 Å². The van der Waals surface area contributed by atoms with Crippen molar-refractivity contribution in [3.05, 3.63) is 52.5 Å². The highest BCUT2D eigenvalue weighted by Crippen LogP contribution is 2.32. The smallest absolute Gasteiger partial charge is 0.140 e. The zero-order valence-electron chi connectivity index (χ0n) is 12.0. The summed E-state index contributed by atoms with van der Waals surface area (Å²) in [6, 6.07) is 8.60. The Morgan fingerprint density at radius 3 is 2.95 bits per heavy atom. The minimum atomic E-state index is 0.669. The molecule has 4 rings (SSSR count). The van der Waals surface area contributed by atoms with Crippen molar-refractivity contribution >= 4 is 22.4 Å². The molecule has 0 spiro atoms. The van der Waals surface area contributed by atoms with Crippen LogP contribution in [0.2, 0.25) is 0 Å². The molecule has 0 saturated carbocycles. The molecule has 0 unspecified atom stereocenters.